The Morgan fingerprint density at radius 2 is 2.12 bits per heavy atom. The zero-order chi connectivity index (χ0) is 11.7. The lowest BCUT2D eigenvalue weighted by Gasteiger charge is -2.31. The SMILES string of the molecule is Cc1cc([N+](=O)[O-])ccc1C(=O)N1CCC1. The van der Waals surface area contributed by atoms with Crippen molar-refractivity contribution < 1.29 is 9.72 Å². The molecule has 0 saturated carbocycles. The molecule has 1 fully saturated rings. The van der Waals surface area contributed by atoms with E-state index in [1.165, 1.54) is 18.2 Å². The van der Waals surface area contributed by atoms with Gasteiger partial charge in [-0.25, -0.2) is 0 Å². The van der Waals surface area contributed by atoms with Gasteiger partial charge in [0.25, 0.3) is 11.6 Å². The highest BCUT2D eigenvalue weighted by Crippen LogP contribution is 2.20. The zero-order valence-corrected chi connectivity index (χ0v) is 8.97. The first-order valence-electron chi connectivity index (χ1n) is 5.14. The minimum absolute atomic E-state index is 0.0256. The summed E-state index contributed by atoms with van der Waals surface area (Å²) in [4.78, 5) is 23.7. The number of nitrogens with zero attached hydrogens (tertiary/aromatic N) is 2. The lowest BCUT2D eigenvalue weighted by Crippen LogP contribution is -2.42. The fraction of sp³-hybridized carbons (Fsp3) is 0.364. The monoisotopic (exact) mass is 220 g/mol. The second-order valence-corrected chi connectivity index (χ2v) is 3.90. The van der Waals surface area contributed by atoms with Gasteiger partial charge in [-0.05, 0) is 25.0 Å². The number of non-ortho nitro benzene ring substituents is 1. The van der Waals surface area contributed by atoms with E-state index in [2.05, 4.69) is 0 Å². The average Bonchev–Trinajstić information content (AvgIpc) is 2.14. The Morgan fingerprint density at radius 3 is 2.56 bits per heavy atom. The maximum Gasteiger partial charge on any atom is 0.269 e. The Bertz CT molecular complexity index is 453. The summed E-state index contributed by atoms with van der Waals surface area (Å²) in [5.74, 6) is -0.0290. The van der Waals surface area contributed by atoms with Crippen molar-refractivity contribution in [3.63, 3.8) is 0 Å². The van der Waals surface area contributed by atoms with E-state index in [1.54, 1.807) is 11.8 Å². The summed E-state index contributed by atoms with van der Waals surface area (Å²) in [6.45, 7) is 3.30. The van der Waals surface area contributed by atoms with E-state index in [4.69, 9.17) is 0 Å². The zero-order valence-electron chi connectivity index (χ0n) is 8.97. The fourth-order valence-electron chi connectivity index (χ4n) is 1.69. The van der Waals surface area contributed by atoms with Gasteiger partial charge >= 0.3 is 0 Å². The number of carbonyl (C=O) groups excluding carboxylic acids is 1. The van der Waals surface area contributed by atoms with Gasteiger partial charge in [0.1, 0.15) is 0 Å². The van der Waals surface area contributed by atoms with Gasteiger partial charge in [-0.2, -0.15) is 0 Å². The minimum Gasteiger partial charge on any atom is -0.339 e. The van der Waals surface area contributed by atoms with Crippen LogP contribution >= 0.6 is 0 Å². The van der Waals surface area contributed by atoms with E-state index in [-0.39, 0.29) is 11.6 Å². The van der Waals surface area contributed by atoms with Crippen LogP contribution in [0.1, 0.15) is 22.3 Å². The maximum absolute atomic E-state index is 11.9. The molecule has 5 nitrogen and oxygen atoms in total. The number of hydrogen-bond donors (Lipinski definition) is 0. The molecule has 1 heterocycles. The van der Waals surface area contributed by atoms with Crippen molar-refractivity contribution in [2.75, 3.05) is 13.1 Å². The van der Waals surface area contributed by atoms with Crippen LogP contribution in [-0.4, -0.2) is 28.8 Å². The van der Waals surface area contributed by atoms with Crippen molar-refractivity contribution in [3.8, 4) is 0 Å². The molecule has 1 aromatic rings. The number of likely N-dealkylation sites (tertiary alicyclic amines) is 1. The summed E-state index contributed by atoms with van der Waals surface area (Å²) >= 11 is 0. The Balaban J connectivity index is 2.28. The van der Waals surface area contributed by atoms with Gasteiger partial charge in [-0.1, -0.05) is 0 Å². The molecule has 0 aliphatic carbocycles. The molecular weight excluding hydrogens is 208 g/mol. The highest BCUT2D eigenvalue weighted by molar-refractivity contribution is 5.96. The molecule has 0 aromatic heterocycles. The Morgan fingerprint density at radius 1 is 1.44 bits per heavy atom. The molecule has 1 saturated heterocycles. The van der Waals surface area contributed by atoms with Gasteiger partial charge in [0.05, 0.1) is 4.92 Å². The topological polar surface area (TPSA) is 63.5 Å². The van der Waals surface area contributed by atoms with E-state index >= 15 is 0 Å². The van der Waals surface area contributed by atoms with Crippen LogP contribution in [0.5, 0.6) is 0 Å². The van der Waals surface area contributed by atoms with Crippen molar-refractivity contribution in [1.82, 2.24) is 4.90 Å². The van der Waals surface area contributed by atoms with Crippen LogP contribution in [-0.2, 0) is 0 Å². The van der Waals surface area contributed by atoms with E-state index < -0.39 is 4.92 Å². The third-order valence-electron chi connectivity index (χ3n) is 2.79. The molecule has 5 heteroatoms. The summed E-state index contributed by atoms with van der Waals surface area (Å²) in [6, 6.07) is 4.35. The normalized spacial score (nSPS) is 14.4. The molecule has 0 unspecified atom stereocenters. The maximum atomic E-state index is 11.9. The molecule has 0 bridgehead atoms. The molecule has 1 aliphatic heterocycles. The Hall–Kier alpha value is -1.91. The standard InChI is InChI=1S/C11H12N2O3/c1-8-7-9(13(15)16)3-4-10(8)11(14)12-5-2-6-12/h3-4,7H,2,5-6H2,1H3. The van der Waals surface area contributed by atoms with Crippen molar-refractivity contribution in [2.45, 2.75) is 13.3 Å². The Labute approximate surface area is 92.8 Å². The molecule has 2 rings (SSSR count). The molecular formula is C11H12N2O3. The highest BCUT2D eigenvalue weighted by atomic mass is 16.6. The molecule has 0 atom stereocenters. The summed E-state index contributed by atoms with van der Waals surface area (Å²) in [6.07, 6.45) is 1.04. The first-order chi connectivity index (χ1) is 7.59. The number of hydrogen-bond acceptors (Lipinski definition) is 3. The molecule has 84 valence electrons. The molecule has 1 amide bonds. The van der Waals surface area contributed by atoms with E-state index in [0.29, 0.717) is 11.1 Å². The molecule has 16 heavy (non-hydrogen) atoms. The predicted octanol–water partition coefficient (Wildman–Crippen LogP) is 1.75. The van der Waals surface area contributed by atoms with Crippen LogP contribution in [0.2, 0.25) is 0 Å². The van der Waals surface area contributed by atoms with Crippen molar-refractivity contribution in [2.24, 2.45) is 0 Å². The number of nitro benzene ring substituents is 1. The highest BCUT2D eigenvalue weighted by Gasteiger charge is 2.23. The molecule has 0 N–H and O–H groups in total. The minimum atomic E-state index is -0.453. The second-order valence-electron chi connectivity index (χ2n) is 3.90. The van der Waals surface area contributed by atoms with Gasteiger partial charge in [-0.15, -0.1) is 0 Å². The summed E-state index contributed by atoms with van der Waals surface area (Å²) in [5, 5.41) is 10.5. The average molecular weight is 220 g/mol. The van der Waals surface area contributed by atoms with Crippen molar-refractivity contribution >= 4 is 11.6 Å². The number of nitro groups is 1. The van der Waals surface area contributed by atoms with Gasteiger partial charge in [0.2, 0.25) is 0 Å². The van der Waals surface area contributed by atoms with Gasteiger partial charge in [-0.3, -0.25) is 14.9 Å². The predicted molar refractivity (Wildman–Crippen MR) is 58.4 cm³/mol. The van der Waals surface area contributed by atoms with Crippen molar-refractivity contribution in [1.29, 1.82) is 0 Å². The molecule has 0 spiro atoms. The van der Waals surface area contributed by atoms with Crippen LogP contribution < -0.4 is 0 Å². The first-order valence-corrected chi connectivity index (χ1v) is 5.14. The number of rotatable bonds is 2. The van der Waals surface area contributed by atoms with Crippen LogP contribution in [0.3, 0.4) is 0 Å². The summed E-state index contributed by atoms with van der Waals surface area (Å²) < 4.78 is 0. The number of aryl methyl sites for hydroxylation is 1. The third kappa shape index (κ3) is 1.76. The largest absolute Gasteiger partial charge is 0.339 e. The Kier molecular flexibility index (Phi) is 2.60. The second kappa shape index (κ2) is 3.92. The van der Waals surface area contributed by atoms with E-state index in [9.17, 15) is 14.9 Å². The lowest BCUT2D eigenvalue weighted by atomic mass is 10.0. The fourth-order valence-corrected chi connectivity index (χ4v) is 1.69. The van der Waals surface area contributed by atoms with Crippen LogP contribution in [0.25, 0.3) is 0 Å². The number of amides is 1. The number of carbonyl (C=O) groups is 1. The van der Waals surface area contributed by atoms with Gasteiger partial charge in [0.15, 0.2) is 0 Å². The van der Waals surface area contributed by atoms with Gasteiger partial charge in [0, 0.05) is 30.8 Å². The van der Waals surface area contributed by atoms with Crippen molar-refractivity contribution in [3.05, 3.63) is 39.4 Å². The first kappa shape index (κ1) is 10.6. The molecule has 1 aromatic carbocycles. The summed E-state index contributed by atoms with van der Waals surface area (Å²) in [5.41, 5.74) is 1.24. The van der Waals surface area contributed by atoms with Gasteiger partial charge < -0.3 is 4.90 Å². The van der Waals surface area contributed by atoms with E-state index in [0.717, 1.165) is 19.5 Å². The third-order valence-corrected chi connectivity index (χ3v) is 2.79. The van der Waals surface area contributed by atoms with Crippen LogP contribution in [0.15, 0.2) is 18.2 Å². The van der Waals surface area contributed by atoms with Crippen LogP contribution in [0, 0.1) is 17.0 Å². The molecule has 1 aliphatic rings. The number of benzene rings is 1. The van der Waals surface area contributed by atoms with Crippen LogP contribution in [0.4, 0.5) is 5.69 Å². The quantitative estimate of drug-likeness (QED) is 0.563. The summed E-state index contributed by atoms with van der Waals surface area (Å²) in [7, 11) is 0. The molecule has 0 radical (unpaired) electrons. The van der Waals surface area contributed by atoms with E-state index in [1.807, 2.05) is 0 Å². The lowest BCUT2D eigenvalue weighted by molar-refractivity contribution is -0.384. The smallest absolute Gasteiger partial charge is 0.269 e.